The predicted octanol–water partition coefficient (Wildman–Crippen LogP) is 24.1. The number of anilines is 6. The molecule has 0 N–H and O–H groups in total. The highest BCUT2D eigenvalue weighted by atomic mass is 15.2. The van der Waals surface area contributed by atoms with E-state index in [1.165, 1.54) is 146 Å². The molecule has 5 aliphatic rings. The summed E-state index contributed by atoms with van der Waals surface area (Å²) in [6.45, 7) is 21.9. The van der Waals surface area contributed by atoms with Crippen molar-refractivity contribution in [2.45, 2.75) is 103 Å². The molecule has 1 unspecified atom stereocenters. The molecule has 17 rings (SSSR count). The fourth-order valence-electron chi connectivity index (χ4n) is 17.4. The molecule has 0 saturated heterocycles. The van der Waals surface area contributed by atoms with E-state index < -0.39 is 0 Å². The lowest BCUT2D eigenvalue weighted by atomic mass is 9.75. The fourth-order valence-corrected chi connectivity index (χ4v) is 17.4. The van der Waals surface area contributed by atoms with Gasteiger partial charge in [0, 0.05) is 66.0 Å². The van der Waals surface area contributed by atoms with Gasteiger partial charge in [-0.25, -0.2) is 0 Å². The Morgan fingerprint density at radius 2 is 0.663 bits per heavy atom. The van der Waals surface area contributed by atoms with Crippen molar-refractivity contribution in [2.24, 2.45) is 5.92 Å². The van der Waals surface area contributed by atoms with Gasteiger partial charge in [0.05, 0.1) is 11.4 Å². The summed E-state index contributed by atoms with van der Waals surface area (Å²) in [6.07, 6.45) is 3.63. The van der Waals surface area contributed by atoms with Crippen molar-refractivity contribution in [3.63, 3.8) is 0 Å². The molecule has 0 radical (unpaired) electrons. The van der Waals surface area contributed by atoms with E-state index >= 15 is 0 Å². The van der Waals surface area contributed by atoms with Gasteiger partial charge in [-0.15, -0.1) is 0 Å². The highest BCUT2D eigenvalue weighted by Crippen LogP contribution is 2.60. The summed E-state index contributed by atoms with van der Waals surface area (Å²) in [5.74, 6) is 0.527. The summed E-state index contributed by atoms with van der Waals surface area (Å²) in [5.41, 5.74) is 33.0. The number of allylic oxidation sites excluding steroid dienone is 2. The van der Waals surface area contributed by atoms with Gasteiger partial charge in [-0.05, 0) is 192 Å². The molecule has 12 aromatic carbocycles. The van der Waals surface area contributed by atoms with E-state index in [2.05, 4.69) is 315 Å². The van der Waals surface area contributed by atoms with E-state index in [1.54, 1.807) is 11.1 Å². The normalized spacial score (nSPS) is 17.1. The van der Waals surface area contributed by atoms with Gasteiger partial charge in [0.25, 0.3) is 0 Å². The maximum atomic E-state index is 2.68. The third-order valence-electron chi connectivity index (χ3n) is 22.1. The summed E-state index contributed by atoms with van der Waals surface area (Å²) in [5, 5.41) is 4.71. The van der Waals surface area contributed by atoms with E-state index in [0.717, 1.165) is 29.2 Å². The van der Waals surface area contributed by atoms with Gasteiger partial charge in [-0.3, -0.25) is 0 Å². The molecular weight excluding hydrogens is 1070 g/mol. The molecule has 2 nitrogen and oxygen atoms in total. The second kappa shape index (κ2) is 19.3. The Morgan fingerprint density at radius 1 is 0.292 bits per heavy atom. The molecule has 0 aromatic heterocycles. The third-order valence-corrected chi connectivity index (χ3v) is 22.1. The average Bonchev–Trinajstić information content (AvgIpc) is 1.82. The molecule has 0 fully saturated rings. The smallest absolute Gasteiger partial charge is 0.0620 e. The molecule has 1 atom stereocenters. The van der Waals surface area contributed by atoms with Gasteiger partial charge >= 0.3 is 0 Å². The van der Waals surface area contributed by atoms with Gasteiger partial charge in [-0.1, -0.05) is 250 Å². The average molecular weight is 1150 g/mol. The number of rotatable bonds is 8. The SMILES string of the molecule is CC1CCCC2=C1c1ccc(N(c3ccc4c(c3)C(C)(C)c3ccccc3-4)c3c4ccc(-c5ccccc5)cc4c(N(c4ccc5c(c4)-c4ccccc4C5(C)C)c4ccc5c(c4)C(C)(C)c4ccccc4-5)c4ccc(-c5ccccc5)cc34)cc1C2(C)C. The van der Waals surface area contributed by atoms with Gasteiger partial charge in [0.2, 0.25) is 0 Å². The highest BCUT2D eigenvalue weighted by molar-refractivity contribution is 6.24. The molecular formula is C87H74N2. The number of nitrogens with zero attached hydrogens (tertiary/aromatic N) is 2. The first-order valence-electron chi connectivity index (χ1n) is 32.5. The van der Waals surface area contributed by atoms with Crippen LogP contribution >= 0.6 is 0 Å². The van der Waals surface area contributed by atoms with E-state index in [-0.39, 0.29) is 21.7 Å². The van der Waals surface area contributed by atoms with Crippen LogP contribution in [0.4, 0.5) is 34.1 Å². The summed E-state index contributed by atoms with van der Waals surface area (Å²) >= 11 is 0. The number of hydrogen-bond donors (Lipinski definition) is 0. The summed E-state index contributed by atoms with van der Waals surface area (Å²) in [6, 6.07) is 93.7. The van der Waals surface area contributed by atoms with Gasteiger partial charge in [-0.2, -0.15) is 0 Å². The lowest BCUT2D eigenvalue weighted by Crippen LogP contribution is -2.20. The van der Waals surface area contributed by atoms with E-state index in [9.17, 15) is 0 Å². The third kappa shape index (κ3) is 7.75. The van der Waals surface area contributed by atoms with Crippen molar-refractivity contribution < 1.29 is 0 Å². The number of hydrogen-bond acceptors (Lipinski definition) is 2. The minimum Gasteiger partial charge on any atom is -0.309 e. The Kier molecular flexibility index (Phi) is 11.6. The van der Waals surface area contributed by atoms with Crippen molar-refractivity contribution in [1.29, 1.82) is 0 Å². The van der Waals surface area contributed by atoms with Crippen LogP contribution in [0.15, 0.2) is 248 Å². The zero-order valence-corrected chi connectivity index (χ0v) is 52.7. The molecule has 0 heterocycles. The fraction of sp³-hybridized carbons (Fsp3) is 0.195. The van der Waals surface area contributed by atoms with Gasteiger partial charge < -0.3 is 9.80 Å². The first-order valence-corrected chi connectivity index (χ1v) is 32.5. The zero-order chi connectivity index (χ0) is 60.5. The van der Waals surface area contributed by atoms with Crippen molar-refractivity contribution in [2.75, 3.05) is 9.80 Å². The van der Waals surface area contributed by atoms with E-state index in [1.807, 2.05) is 0 Å². The molecule has 12 aromatic rings. The van der Waals surface area contributed by atoms with Crippen LogP contribution in [-0.2, 0) is 21.7 Å². The largest absolute Gasteiger partial charge is 0.309 e. The lowest BCUT2D eigenvalue weighted by molar-refractivity contribution is 0.530. The van der Waals surface area contributed by atoms with Crippen molar-refractivity contribution >= 4 is 61.2 Å². The van der Waals surface area contributed by atoms with E-state index in [0.29, 0.717) is 5.92 Å². The first kappa shape index (κ1) is 53.7. The maximum Gasteiger partial charge on any atom is 0.0620 e. The van der Waals surface area contributed by atoms with Crippen LogP contribution in [0.1, 0.15) is 126 Å². The second-order valence-electron chi connectivity index (χ2n) is 28.4. The number of fused-ring (bicyclic) bond motifs is 13. The molecule has 0 amide bonds. The van der Waals surface area contributed by atoms with Crippen molar-refractivity contribution in [3.8, 4) is 55.6 Å². The minimum absolute atomic E-state index is 0.112. The predicted molar refractivity (Wildman–Crippen MR) is 377 cm³/mol. The summed E-state index contributed by atoms with van der Waals surface area (Å²) < 4.78 is 0. The van der Waals surface area contributed by atoms with Crippen LogP contribution in [0, 0.1) is 5.92 Å². The quantitative estimate of drug-likeness (QED) is 0.111. The van der Waals surface area contributed by atoms with Crippen LogP contribution in [-0.4, -0.2) is 0 Å². The van der Waals surface area contributed by atoms with Gasteiger partial charge in [0.15, 0.2) is 0 Å². The van der Waals surface area contributed by atoms with Crippen LogP contribution in [0.3, 0.4) is 0 Å². The summed E-state index contributed by atoms with van der Waals surface area (Å²) in [7, 11) is 0. The second-order valence-corrected chi connectivity index (χ2v) is 28.4. The minimum atomic E-state index is -0.225. The van der Waals surface area contributed by atoms with E-state index in [4.69, 9.17) is 0 Å². The molecule has 5 aliphatic carbocycles. The standard InChI is InChI=1S/C87H74N2/c1-53-23-22-34-77-81(53)69-45-39-61(52-80(69)87(77,8)9)89(60-38-44-66-63-29-17-20-32-74(63)86(6,7)79(66)51-60)83-68-42-36-56(54-24-12-10-13-25-54)47-71(68)82(67-41-35-57(48-72(67)83)55-26-14-11-15-27-55)88(58-40-46-76-70(49-58)64-30-18-21-33-75(64)84(76,2)3)59-37-43-65-62-28-16-19-31-73(62)85(4,5)78(65)50-59/h10-21,24-33,35-53H,22-23,34H2,1-9H3. The molecule has 0 saturated carbocycles. The van der Waals surface area contributed by atoms with Crippen LogP contribution < -0.4 is 9.80 Å². The Labute approximate surface area is 525 Å². The van der Waals surface area contributed by atoms with Gasteiger partial charge in [0.1, 0.15) is 0 Å². The van der Waals surface area contributed by atoms with Crippen LogP contribution in [0.25, 0.3) is 82.8 Å². The maximum absolute atomic E-state index is 2.68. The summed E-state index contributed by atoms with van der Waals surface area (Å²) in [4.78, 5) is 5.32. The monoisotopic (exact) mass is 1150 g/mol. The number of benzene rings is 12. The Hall–Kier alpha value is -9.50. The molecule has 2 heteroatoms. The molecule has 89 heavy (non-hydrogen) atoms. The lowest BCUT2D eigenvalue weighted by Gasteiger charge is -2.35. The topological polar surface area (TPSA) is 6.48 Å². The molecule has 0 bridgehead atoms. The Balaban J connectivity index is 1.01. The van der Waals surface area contributed by atoms with Crippen molar-refractivity contribution in [3.05, 3.63) is 293 Å². The van der Waals surface area contributed by atoms with Crippen molar-refractivity contribution in [1.82, 2.24) is 0 Å². The molecule has 432 valence electrons. The Morgan fingerprint density at radius 3 is 1.15 bits per heavy atom. The van der Waals surface area contributed by atoms with Crippen LogP contribution in [0.5, 0.6) is 0 Å². The highest BCUT2D eigenvalue weighted by Gasteiger charge is 2.43. The molecule has 0 spiro atoms. The molecule has 0 aliphatic heterocycles. The Bertz CT molecular complexity index is 5010. The first-order chi connectivity index (χ1) is 43.1. The zero-order valence-electron chi connectivity index (χ0n) is 52.7. The van der Waals surface area contributed by atoms with Crippen LogP contribution in [0.2, 0.25) is 0 Å².